The van der Waals surface area contributed by atoms with Crippen molar-refractivity contribution in [2.24, 2.45) is 17.8 Å². The van der Waals surface area contributed by atoms with Crippen LogP contribution in [0.5, 0.6) is 0 Å². The Balaban J connectivity index is 1.61. The molecule has 1 aromatic carbocycles. The fraction of sp³-hybridized carbons (Fsp3) is 0.692. The van der Waals surface area contributed by atoms with Crippen molar-refractivity contribution in [3.63, 3.8) is 0 Å². The predicted octanol–water partition coefficient (Wildman–Crippen LogP) is 4.29. The number of ether oxygens (including phenoxy) is 1. The Morgan fingerprint density at radius 1 is 1.16 bits per heavy atom. The molecule has 1 saturated carbocycles. The van der Waals surface area contributed by atoms with E-state index in [4.69, 9.17) is 4.74 Å². The molecule has 32 heavy (non-hydrogen) atoms. The zero-order valence-corrected chi connectivity index (χ0v) is 20.6. The fourth-order valence-corrected chi connectivity index (χ4v) is 5.14. The molecule has 2 aliphatic rings. The Kier molecular flexibility index (Phi) is 7.86. The number of carbonyl (C=O) groups excluding carboxylic acids is 2. The van der Waals surface area contributed by atoms with Gasteiger partial charge in [0, 0.05) is 32.7 Å². The molecule has 1 aliphatic heterocycles. The Bertz CT molecular complexity index is 774. The summed E-state index contributed by atoms with van der Waals surface area (Å²) in [6.07, 6.45) is 2.34. The zero-order valence-electron chi connectivity index (χ0n) is 20.6. The normalized spacial score (nSPS) is 24.3. The molecule has 0 spiro atoms. The number of benzene rings is 1. The van der Waals surface area contributed by atoms with Gasteiger partial charge in [-0.15, -0.1) is 0 Å². The Labute approximate surface area is 193 Å². The second kappa shape index (κ2) is 10.2. The van der Waals surface area contributed by atoms with Gasteiger partial charge >= 0.3 is 6.09 Å². The van der Waals surface area contributed by atoms with Crippen molar-refractivity contribution in [2.75, 3.05) is 20.1 Å². The summed E-state index contributed by atoms with van der Waals surface area (Å²) in [6, 6.07) is 10.2. The lowest BCUT2D eigenvalue weighted by atomic mass is 9.96. The summed E-state index contributed by atoms with van der Waals surface area (Å²) in [7, 11) is 1.68. The van der Waals surface area contributed by atoms with Crippen LogP contribution in [-0.4, -0.2) is 59.6 Å². The van der Waals surface area contributed by atoms with Gasteiger partial charge in [0.1, 0.15) is 11.6 Å². The van der Waals surface area contributed by atoms with Gasteiger partial charge in [-0.3, -0.25) is 14.6 Å². The summed E-state index contributed by atoms with van der Waals surface area (Å²) in [5, 5.41) is 3.32. The van der Waals surface area contributed by atoms with Crippen LogP contribution in [0, 0.1) is 17.8 Å². The lowest BCUT2D eigenvalue weighted by molar-refractivity contribution is -0.127. The number of hydrogen-bond donors (Lipinski definition) is 1. The summed E-state index contributed by atoms with van der Waals surface area (Å²) < 4.78 is 5.52. The molecule has 1 aromatic rings. The average Bonchev–Trinajstić information content (AvgIpc) is 3.26. The number of nitrogens with one attached hydrogen (secondary N) is 1. The molecular weight excluding hydrogens is 402 g/mol. The van der Waals surface area contributed by atoms with Gasteiger partial charge in [-0.25, -0.2) is 4.79 Å². The maximum absolute atomic E-state index is 13.3. The molecule has 6 heteroatoms. The first-order chi connectivity index (χ1) is 15.0. The standard InChI is InChI=1S/C26H41N3O3/c1-18(2)14-23(28(6)25(31)32-26(3,4)5)24(30)27-22-13-12-20-16-29(17-21(20)22)15-19-10-8-7-9-11-19/h7-11,18,20-23H,12-17H2,1-6H3,(H,27,30)/t20-,21?,22?,23-/m0/s1. The van der Waals surface area contributed by atoms with E-state index in [9.17, 15) is 9.59 Å². The molecule has 2 fully saturated rings. The molecule has 6 nitrogen and oxygen atoms in total. The molecule has 0 aromatic heterocycles. The maximum Gasteiger partial charge on any atom is 0.410 e. The average molecular weight is 444 g/mol. The van der Waals surface area contributed by atoms with E-state index in [0.717, 1.165) is 32.5 Å². The van der Waals surface area contributed by atoms with E-state index >= 15 is 0 Å². The van der Waals surface area contributed by atoms with Gasteiger partial charge in [0.25, 0.3) is 0 Å². The Hall–Kier alpha value is -2.08. The molecule has 2 unspecified atom stereocenters. The van der Waals surface area contributed by atoms with Gasteiger partial charge in [0.15, 0.2) is 0 Å². The first kappa shape index (κ1) is 24.6. The molecular formula is C26H41N3O3. The highest BCUT2D eigenvalue weighted by Crippen LogP contribution is 2.38. The van der Waals surface area contributed by atoms with E-state index in [1.54, 1.807) is 7.05 Å². The molecule has 1 aliphatic carbocycles. The molecule has 1 saturated heterocycles. The number of likely N-dealkylation sites (tertiary alicyclic amines) is 1. The van der Waals surface area contributed by atoms with Crippen LogP contribution < -0.4 is 5.32 Å². The molecule has 4 atom stereocenters. The number of fused-ring (bicyclic) bond motifs is 1. The van der Waals surface area contributed by atoms with E-state index in [2.05, 4.69) is 54.4 Å². The van der Waals surface area contributed by atoms with Crippen molar-refractivity contribution < 1.29 is 14.3 Å². The molecule has 0 bridgehead atoms. The van der Waals surface area contributed by atoms with Crippen LogP contribution in [0.1, 0.15) is 59.4 Å². The molecule has 1 heterocycles. The molecule has 1 N–H and O–H groups in total. The van der Waals surface area contributed by atoms with E-state index in [0.29, 0.717) is 24.2 Å². The highest BCUT2D eigenvalue weighted by molar-refractivity contribution is 5.86. The number of likely N-dealkylation sites (N-methyl/N-ethyl adjacent to an activating group) is 1. The SMILES string of the molecule is CC(C)C[C@@H](C(=O)NC1CC[C@H]2CN(Cc3ccccc3)CC12)N(C)C(=O)OC(C)(C)C. The largest absolute Gasteiger partial charge is 0.444 e. The number of rotatable bonds is 7. The van der Waals surface area contributed by atoms with Crippen LogP contribution in [-0.2, 0) is 16.1 Å². The second-order valence-electron chi connectivity index (χ2n) is 11.0. The van der Waals surface area contributed by atoms with Crippen molar-refractivity contribution in [3.8, 4) is 0 Å². The Morgan fingerprint density at radius 3 is 2.47 bits per heavy atom. The van der Waals surface area contributed by atoms with Gasteiger partial charge in [-0.05, 0) is 63.4 Å². The third-order valence-corrected chi connectivity index (χ3v) is 6.66. The van der Waals surface area contributed by atoms with Gasteiger partial charge < -0.3 is 10.1 Å². The molecule has 3 rings (SSSR count). The molecule has 178 valence electrons. The highest BCUT2D eigenvalue weighted by atomic mass is 16.6. The lowest BCUT2D eigenvalue weighted by Crippen LogP contribution is -2.52. The van der Waals surface area contributed by atoms with Gasteiger partial charge in [0.05, 0.1) is 0 Å². The Morgan fingerprint density at radius 2 is 1.84 bits per heavy atom. The van der Waals surface area contributed by atoms with E-state index in [-0.39, 0.29) is 11.9 Å². The maximum atomic E-state index is 13.3. The van der Waals surface area contributed by atoms with Crippen molar-refractivity contribution >= 4 is 12.0 Å². The number of hydrogen-bond acceptors (Lipinski definition) is 4. The highest BCUT2D eigenvalue weighted by Gasteiger charge is 2.44. The summed E-state index contributed by atoms with van der Waals surface area (Å²) in [6.45, 7) is 12.8. The molecule has 0 radical (unpaired) electrons. The lowest BCUT2D eigenvalue weighted by Gasteiger charge is -2.32. The first-order valence-electron chi connectivity index (χ1n) is 12.1. The van der Waals surface area contributed by atoms with Gasteiger partial charge in [-0.2, -0.15) is 0 Å². The third kappa shape index (κ3) is 6.47. The minimum Gasteiger partial charge on any atom is -0.444 e. The van der Waals surface area contributed by atoms with Crippen LogP contribution in [0.3, 0.4) is 0 Å². The van der Waals surface area contributed by atoms with Crippen molar-refractivity contribution in [1.29, 1.82) is 0 Å². The zero-order chi connectivity index (χ0) is 23.5. The van der Waals surface area contributed by atoms with Crippen LogP contribution in [0.2, 0.25) is 0 Å². The van der Waals surface area contributed by atoms with Gasteiger partial charge in [0.2, 0.25) is 5.91 Å². The van der Waals surface area contributed by atoms with Crippen molar-refractivity contribution in [2.45, 2.75) is 78.1 Å². The minimum absolute atomic E-state index is 0.0563. The monoisotopic (exact) mass is 443 g/mol. The van der Waals surface area contributed by atoms with Crippen LogP contribution in [0.4, 0.5) is 4.79 Å². The topological polar surface area (TPSA) is 61.9 Å². The summed E-state index contributed by atoms with van der Waals surface area (Å²) in [5.74, 6) is 1.35. The van der Waals surface area contributed by atoms with E-state index in [1.807, 2.05) is 20.8 Å². The summed E-state index contributed by atoms with van der Waals surface area (Å²) in [5.41, 5.74) is 0.749. The van der Waals surface area contributed by atoms with Gasteiger partial charge in [-0.1, -0.05) is 44.2 Å². The first-order valence-corrected chi connectivity index (χ1v) is 12.1. The number of carbonyl (C=O) groups is 2. The van der Waals surface area contributed by atoms with E-state index in [1.165, 1.54) is 10.5 Å². The minimum atomic E-state index is -0.588. The quantitative estimate of drug-likeness (QED) is 0.683. The van der Waals surface area contributed by atoms with Crippen LogP contribution in [0.15, 0.2) is 30.3 Å². The molecule has 2 amide bonds. The van der Waals surface area contributed by atoms with E-state index < -0.39 is 17.7 Å². The smallest absolute Gasteiger partial charge is 0.410 e. The fourth-order valence-electron chi connectivity index (χ4n) is 5.14. The van der Waals surface area contributed by atoms with Crippen LogP contribution in [0.25, 0.3) is 0 Å². The second-order valence-corrected chi connectivity index (χ2v) is 11.0. The summed E-state index contributed by atoms with van der Waals surface area (Å²) in [4.78, 5) is 30.0. The van der Waals surface area contributed by atoms with Crippen molar-refractivity contribution in [1.82, 2.24) is 15.1 Å². The number of amides is 2. The predicted molar refractivity (Wildman–Crippen MR) is 127 cm³/mol. The van der Waals surface area contributed by atoms with Crippen LogP contribution >= 0.6 is 0 Å². The van der Waals surface area contributed by atoms with Crippen molar-refractivity contribution in [3.05, 3.63) is 35.9 Å². The number of nitrogens with zero attached hydrogens (tertiary/aromatic N) is 2. The third-order valence-electron chi connectivity index (χ3n) is 6.66. The summed E-state index contributed by atoms with van der Waals surface area (Å²) >= 11 is 0.